The van der Waals surface area contributed by atoms with Crippen LogP contribution in [0, 0.1) is 0 Å². The SMILES string of the molecule is CC(C)(OOC(C)(C)c1cccc(Cl)c1Cl)c1cccc(Cl)c1Cl. The topological polar surface area (TPSA) is 18.5 Å². The summed E-state index contributed by atoms with van der Waals surface area (Å²) >= 11 is 24.7. The first kappa shape index (κ1) is 19.8. The van der Waals surface area contributed by atoms with Crippen LogP contribution in [-0.2, 0) is 21.0 Å². The molecule has 0 fully saturated rings. The van der Waals surface area contributed by atoms with E-state index >= 15 is 0 Å². The average Bonchev–Trinajstić information content (AvgIpc) is 2.50. The first-order valence-electron chi connectivity index (χ1n) is 7.32. The maximum absolute atomic E-state index is 6.28. The van der Waals surface area contributed by atoms with Crippen LogP contribution in [0.5, 0.6) is 0 Å². The minimum atomic E-state index is -0.815. The van der Waals surface area contributed by atoms with Crippen molar-refractivity contribution in [2.24, 2.45) is 0 Å². The second-order valence-electron chi connectivity index (χ2n) is 6.39. The van der Waals surface area contributed by atoms with Gasteiger partial charge in [-0.15, -0.1) is 0 Å². The Hall–Kier alpha value is -0.480. The summed E-state index contributed by atoms with van der Waals surface area (Å²) in [5.74, 6) is 0. The van der Waals surface area contributed by atoms with Gasteiger partial charge in [-0.05, 0) is 39.8 Å². The van der Waals surface area contributed by atoms with Gasteiger partial charge in [-0.25, -0.2) is 9.78 Å². The van der Waals surface area contributed by atoms with Crippen LogP contribution in [-0.4, -0.2) is 0 Å². The molecule has 0 aliphatic heterocycles. The number of benzene rings is 2. The lowest BCUT2D eigenvalue weighted by Crippen LogP contribution is -2.30. The molecule has 2 aromatic rings. The van der Waals surface area contributed by atoms with Gasteiger partial charge < -0.3 is 0 Å². The molecular weight excluding hydrogens is 390 g/mol. The fourth-order valence-corrected chi connectivity index (χ4v) is 3.29. The molecule has 0 aliphatic rings. The smallest absolute Gasteiger partial charge is 0.124 e. The average molecular weight is 408 g/mol. The maximum atomic E-state index is 6.28. The van der Waals surface area contributed by atoms with E-state index in [1.807, 2.05) is 52.0 Å². The predicted octanol–water partition coefficient (Wildman–Crippen LogP) is 7.42. The highest BCUT2D eigenvalue weighted by Gasteiger charge is 2.32. The van der Waals surface area contributed by atoms with E-state index < -0.39 is 11.2 Å². The van der Waals surface area contributed by atoms with Gasteiger partial charge in [0.1, 0.15) is 11.2 Å². The van der Waals surface area contributed by atoms with E-state index in [9.17, 15) is 0 Å². The standard InChI is InChI=1S/C18H18Cl4O2/c1-17(2,11-7-5-9-13(19)15(11)21)23-24-18(3,4)12-8-6-10-14(20)16(12)22/h5-10H,1-4H3. The fourth-order valence-electron chi connectivity index (χ4n) is 2.24. The summed E-state index contributed by atoms with van der Waals surface area (Å²) in [5.41, 5.74) is -0.177. The third kappa shape index (κ3) is 4.19. The van der Waals surface area contributed by atoms with Crippen LogP contribution in [0.1, 0.15) is 38.8 Å². The van der Waals surface area contributed by atoms with Crippen LogP contribution in [0.15, 0.2) is 36.4 Å². The molecule has 0 bridgehead atoms. The zero-order valence-electron chi connectivity index (χ0n) is 13.8. The summed E-state index contributed by atoms with van der Waals surface area (Å²) in [6.45, 7) is 7.39. The van der Waals surface area contributed by atoms with E-state index in [1.54, 1.807) is 12.1 Å². The van der Waals surface area contributed by atoms with Gasteiger partial charge in [0.25, 0.3) is 0 Å². The van der Waals surface area contributed by atoms with Crippen molar-refractivity contribution in [3.05, 3.63) is 67.6 Å². The molecule has 0 amide bonds. The molecule has 0 aliphatic carbocycles. The lowest BCUT2D eigenvalue weighted by molar-refractivity contribution is -0.410. The predicted molar refractivity (Wildman–Crippen MR) is 101 cm³/mol. The molecule has 6 heteroatoms. The number of rotatable bonds is 5. The lowest BCUT2D eigenvalue weighted by Gasteiger charge is -2.32. The van der Waals surface area contributed by atoms with Crippen LogP contribution in [0.4, 0.5) is 0 Å². The van der Waals surface area contributed by atoms with Crippen molar-refractivity contribution >= 4 is 46.4 Å². The molecule has 0 saturated carbocycles. The molecule has 0 atom stereocenters. The van der Waals surface area contributed by atoms with Crippen molar-refractivity contribution in [2.75, 3.05) is 0 Å². The molecule has 0 radical (unpaired) electrons. The molecular formula is C18H18Cl4O2. The van der Waals surface area contributed by atoms with E-state index in [0.717, 1.165) is 11.1 Å². The van der Waals surface area contributed by atoms with Crippen LogP contribution in [0.2, 0.25) is 20.1 Å². The minimum Gasteiger partial charge on any atom is -0.225 e. The van der Waals surface area contributed by atoms with Crippen LogP contribution in [0.25, 0.3) is 0 Å². The van der Waals surface area contributed by atoms with Gasteiger partial charge in [-0.1, -0.05) is 70.7 Å². The molecule has 2 rings (SSSR count). The number of hydrogen-bond acceptors (Lipinski definition) is 2. The van der Waals surface area contributed by atoms with Crippen molar-refractivity contribution in [1.29, 1.82) is 0 Å². The van der Waals surface area contributed by atoms with Crippen molar-refractivity contribution in [3.8, 4) is 0 Å². The Morgan fingerprint density at radius 2 is 0.958 bits per heavy atom. The van der Waals surface area contributed by atoms with Gasteiger partial charge in [0.2, 0.25) is 0 Å². The molecule has 0 heterocycles. The van der Waals surface area contributed by atoms with Gasteiger partial charge in [0.05, 0.1) is 20.1 Å². The molecule has 0 saturated heterocycles. The third-order valence-corrected chi connectivity index (χ3v) is 5.30. The van der Waals surface area contributed by atoms with E-state index in [-0.39, 0.29) is 0 Å². The van der Waals surface area contributed by atoms with E-state index in [1.165, 1.54) is 0 Å². The maximum Gasteiger partial charge on any atom is 0.124 e. The molecule has 0 spiro atoms. The summed E-state index contributed by atoms with van der Waals surface area (Å²) < 4.78 is 0. The highest BCUT2D eigenvalue weighted by Crippen LogP contribution is 2.39. The van der Waals surface area contributed by atoms with Gasteiger partial charge in [0, 0.05) is 11.1 Å². The Morgan fingerprint density at radius 3 is 1.29 bits per heavy atom. The van der Waals surface area contributed by atoms with Crippen molar-refractivity contribution in [1.82, 2.24) is 0 Å². The highest BCUT2D eigenvalue weighted by atomic mass is 35.5. The monoisotopic (exact) mass is 406 g/mol. The second-order valence-corrected chi connectivity index (χ2v) is 7.96. The van der Waals surface area contributed by atoms with E-state index in [2.05, 4.69) is 0 Å². The minimum absolute atomic E-state index is 0.436. The fraction of sp³-hybridized carbons (Fsp3) is 0.333. The Bertz CT molecular complexity index is 678. The third-order valence-electron chi connectivity index (χ3n) is 3.66. The molecule has 0 N–H and O–H groups in total. The largest absolute Gasteiger partial charge is 0.225 e. The van der Waals surface area contributed by atoms with Crippen LogP contribution < -0.4 is 0 Å². The second kappa shape index (κ2) is 7.41. The van der Waals surface area contributed by atoms with Crippen LogP contribution in [0.3, 0.4) is 0 Å². The Balaban J connectivity index is 2.25. The molecule has 2 aromatic carbocycles. The van der Waals surface area contributed by atoms with Crippen molar-refractivity contribution in [2.45, 2.75) is 38.9 Å². The van der Waals surface area contributed by atoms with Gasteiger partial charge in [-0.3, -0.25) is 0 Å². The zero-order chi connectivity index (χ0) is 18.1. The molecule has 130 valence electrons. The molecule has 24 heavy (non-hydrogen) atoms. The van der Waals surface area contributed by atoms with E-state index in [0.29, 0.717) is 20.1 Å². The summed E-state index contributed by atoms with van der Waals surface area (Å²) in [4.78, 5) is 11.4. The lowest BCUT2D eigenvalue weighted by atomic mass is 9.97. The number of halogens is 4. The summed E-state index contributed by atoms with van der Waals surface area (Å²) in [6.07, 6.45) is 0. The highest BCUT2D eigenvalue weighted by molar-refractivity contribution is 6.43. The Kier molecular flexibility index (Phi) is 6.12. The summed E-state index contributed by atoms with van der Waals surface area (Å²) in [5, 5.41) is 1.80. The van der Waals surface area contributed by atoms with Gasteiger partial charge >= 0.3 is 0 Å². The molecule has 0 aromatic heterocycles. The van der Waals surface area contributed by atoms with Crippen molar-refractivity contribution < 1.29 is 9.78 Å². The molecule has 2 nitrogen and oxygen atoms in total. The van der Waals surface area contributed by atoms with Crippen LogP contribution >= 0.6 is 46.4 Å². The number of hydrogen-bond donors (Lipinski definition) is 0. The Morgan fingerprint density at radius 1 is 0.625 bits per heavy atom. The zero-order valence-corrected chi connectivity index (χ0v) is 16.8. The normalized spacial score (nSPS) is 12.5. The Labute approximate surface area is 162 Å². The van der Waals surface area contributed by atoms with E-state index in [4.69, 9.17) is 56.2 Å². The molecule has 0 unspecified atom stereocenters. The first-order valence-corrected chi connectivity index (χ1v) is 8.83. The van der Waals surface area contributed by atoms with Gasteiger partial charge in [-0.2, -0.15) is 0 Å². The van der Waals surface area contributed by atoms with Gasteiger partial charge in [0.15, 0.2) is 0 Å². The summed E-state index contributed by atoms with van der Waals surface area (Å²) in [6, 6.07) is 10.8. The summed E-state index contributed by atoms with van der Waals surface area (Å²) in [7, 11) is 0. The first-order chi connectivity index (χ1) is 11.1. The quantitative estimate of drug-likeness (QED) is 0.379. The van der Waals surface area contributed by atoms with Crippen molar-refractivity contribution in [3.63, 3.8) is 0 Å².